The third kappa shape index (κ3) is 5.69. The monoisotopic (exact) mass is 279 g/mol. The molecule has 3 nitrogen and oxygen atoms in total. The highest BCUT2D eigenvalue weighted by molar-refractivity contribution is 5.77. The quantitative estimate of drug-likeness (QED) is 0.777. The Balaban J connectivity index is 2.22. The molecule has 0 aliphatic heterocycles. The Morgan fingerprint density at radius 1 is 1.26 bits per heavy atom. The van der Waals surface area contributed by atoms with Crippen LogP contribution in [0, 0.1) is 0 Å². The van der Waals surface area contributed by atoms with E-state index in [0.29, 0.717) is 0 Å². The van der Waals surface area contributed by atoms with Crippen molar-refractivity contribution in [2.75, 3.05) is 13.2 Å². The molecule has 0 bridgehead atoms. The van der Waals surface area contributed by atoms with Gasteiger partial charge in [0.05, 0.1) is 0 Å². The van der Waals surface area contributed by atoms with Crippen molar-refractivity contribution in [3.05, 3.63) is 35.9 Å². The molecule has 1 N–H and O–H groups in total. The van der Waals surface area contributed by atoms with Crippen LogP contribution in [0.25, 0.3) is 0 Å². The molecule has 0 spiro atoms. The number of hydrogen-bond donors (Lipinski definition) is 1. The van der Waals surface area contributed by atoms with Crippen molar-refractivity contribution in [3.8, 4) is 0 Å². The lowest BCUT2D eigenvalue weighted by Crippen LogP contribution is -2.35. The van der Waals surface area contributed by atoms with Crippen molar-refractivity contribution in [3.63, 3.8) is 0 Å². The Morgan fingerprint density at radius 3 is 2.47 bits per heavy atom. The van der Waals surface area contributed by atoms with E-state index in [4.69, 9.17) is 0 Å². The molecular weight excluding hydrogens is 266 g/mol. The van der Waals surface area contributed by atoms with E-state index in [-0.39, 0.29) is 6.54 Å². The van der Waals surface area contributed by atoms with Crippen molar-refractivity contribution in [1.82, 2.24) is 5.32 Å². The van der Waals surface area contributed by atoms with Crippen LogP contribution in [0.2, 0.25) is 0 Å². The Hall–Kier alpha value is -1.63. The van der Waals surface area contributed by atoms with E-state index in [1.54, 1.807) is 30.3 Å². The van der Waals surface area contributed by atoms with Crippen LogP contribution in [0.5, 0.6) is 0 Å². The zero-order chi connectivity index (χ0) is 14.3. The second-order valence-electron chi connectivity index (χ2n) is 3.82. The standard InChI is InChI=1S/C12H13F4NO2/c13-11(14)12(15,16)8-19-7-10(18)17-6-9-4-2-1-3-5-9/h1-5,11H,6-8H2,(H,17,18). The number of ether oxygens (including phenoxy) is 1. The lowest BCUT2D eigenvalue weighted by molar-refractivity contribution is -0.168. The van der Waals surface area contributed by atoms with Crippen molar-refractivity contribution in [2.45, 2.75) is 18.9 Å². The van der Waals surface area contributed by atoms with E-state index in [1.807, 2.05) is 0 Å². The first-order chi connectivity index (χ1) is 8.92. The minimum atomic E-state index is -4.24. The zero-order valence-corrected chi connectivity index (χ0v) is 9.91. The summed E-state index contributed by atoms with van der Waals surface area (Å²) in [6.45, 7) is -1.95. The molecule has 19 heavy (non-hydrogen) atoms. The Labute approximate surface area is 107 Å². The normalized spacial score (nSPS) is 11.6. The lowest BCUT2D eigenvalue weighted by atomic mass is 10.2. The van der Waals surface area contributed by atoms with Gasteiger partial charge in [0.25, 0.3) is 0 Å². The fourth-order valence-corrected chi connectivity index (χ4v) is 1.19. The third-order valence-electron chi connectivity index (χ3n) is 2.18. The van der Waals surface area contributed by atoms with Gasteiger partial charge in [-0.1, -0.05) is 30.3 Å². The van der Waals surface area contributed by atoms with Gasteiger partial charge in [0, 0.05) is 6.54 Å². The summed E-state index contributed by atoms with van der Waals surface area (Å²) in [6, 6.07) is 8.90. The molecule has 1 amide bonds. The Bertz CT molecular complexity index is 398. The number of nitrogens with one attached hydrogen (secondary N) is 1. The first-order valence-corrected chi connectivity index (χ1v) is 5.46. The van der Waals surface area contributed by atoms with Crippen LogP contribution in [0.4, 0.5) is 17.6 Å². The van der Waals surface area contributed by atoms with Crippen molar-refractivity contribution >= 4 is 5.91 Å². The highest BCUT2D eigenvalue weighted by atomic mass is 19.3. The fraction of sp³-hybridized carbons (Fsp3) is 0.417. The number of halogens is 4. The molecule has 1 rings (SSSR count). The van der Waals surface area contributed by atoms with Crippen LogP contribution < -0.4 is 5.32 Å². The molecule has 0 fully saturated rings. The predicted molar refractivity (Wildman–Crippen MR) is 60.1 cm³/mol. The van der Waals surface area contributed by atoms with Gasteiger partial charge in [-0.3, -0.25) is 4.79 Å². The number of amides is 1. The Kier molecular flexibility index (Phi) is 5.75. The van der Waals surface area contributed by atoms with Gasteiger partial charge in [-0.2, -0.15) is 8.78 Å². The third-order valence-corrected chi connectivity index (χ3v) is 2.18. The molecule has 0 saturated heterocycles. The first kappa shape index (κ1) is 15.4. The van der Waals surface area contributed by atoms with E-state index in [1.165, 1.54) is 0 Å². The first-order valence-electron chi connectivity index (χ1n) is 5.46. The summed E-state index contributed by atoms with van der Waals surface area (Å²) in [5.74, 6) is -4.88. The van der Waals surface area contributed by atoms with Crippen molar-refractivity contribution in [1.29, 1.82) is 0 Å². The fourth-order valence-electron chi connectivity index (χ4n) is 1.19. The van der Waals surface area contributed by atoms with Crippen LogP contribution in [-0.2, 0) is 16.1 Å². The number of benzene rings is 1. The summed E-state index contributed by atoms with van der Waals surface area (Å²) in [5.41, 5.74) is 0.828. The van der Waals surface area contributed by atoms with E-state index >= 15 is 0 Å². The maximum absolute atomic E-state index is 12.4. The molecule has 0 atom stereocenters. The van der Waals surface area contributed by atoms with Crippen LogP contribution in [-0.4, -0.2) is 31.5 Å². The summed E-state index contributed by atoms with van der Waals surface area (Å²) < 4.78 is 52.7. The minimum absolute atomic E-state index is 0.217. The van der Waals surface area contributed by atoms with Gasteiger partial charge in [-0.25, -0.2) is 8.78 Å². The van der Waals surface area contributed by atoms with Gasteiger partial charge in [0.2, 0.25) is 5.91 Å². The highest BCUT2D eigenvalue weighted by Crippen LogP contribution is 2.22. The van der Waals surface area contributed by atoms with Gasteiger partial charge in [0.15, 0.2) is 0 Å². The number of carbonyl (C=O) groups is 1. The largest absolute Gasteiger partial charge is 0.365 e. The van der Waals surface area contributed by atoms with Crippen LogP contribution in [0.3, 0.4) is 0 Å². The average Bonchev–Trinajstić information content (AvgIpc) is 2.37. The molecule has 1 aromatic carbocycles. The summed E-state index contributed by atoms with van der Waals surface area (Å²) >= 11 is 0. The average molecular weight is 279 g/mol. The number of alkyl halides is 4. The van der Waals surface area contributed by atoms with Crippen molar-refractivity contribution in [2.24, 2.45) is 0 Å². The number of hydrogen-bond acceptors (Lipinski definition) is 2. The maximum Gasteiger partial charge on any atom is 0.330 e. The van der Waals surface area contributed by atoms with Crippen molar-refractivity contribution < 1.29 is 27.1 Å². The van der Waals surface area contributed by atoms with Crippen LogP contribution >= 0.6 is 0 Å². The van der Waals surface area contributed by atoms with Crippen LogP contribution in [0.15, 0.2) is 30.3 Å². The smallest absolute Gasteiger partial charge is 0.330 e. The highest BCUT2D eigenvalue weighted by Gasteiger charge is 2.41. The Morgan fingerprint density at radius 2 is 1.89 bits per heavy atom. The van der Waals surface area contributed by atoms with Gasteiger partial charge in [-0.05, 0) is 5.56 Å². The molecule has 0 radical (unpaired) electrons. The topological polar surface area (TPSA) is 38.3 Å². The molecule has 1 aromatic rings. The van der Waals surface area contributed by atoms with Gasteiger partial charge < -0.3 is 10.1 Å². The van der Waals surface area contributed by atoms with Gasteiger partial charge >= 0.3 is 12.3 Å². The SMILES string of the molecule is O=C(COCC(F)(F)C(F)F)NCc1ccccc1. The van der Waals surface area contributed by atoms with E-state index in [9.17, 15) is 22.4 Å². The predicted octanol–water partition coefficient (Wildman–Crippen LogP) is 2.22. The molecule has 0 aliphatic rings. The van der Waals surface area contributed by atoms with Crippen LogP contribution in [0.1, 0.15) is 5.56 Å². The molecular formula is C12H13F4NO2. The maximum atomic E-state index is 12.4. The molecule has 0 aliphatic carbocycles. The number of carbonyl (C=O) groups excluding carboxylic acids is 1. The number of rotatable bonds is 7. The second-order valence-corrected chi connectivity index (χ2v) is 3.82. The zero-order valence-electron chi connectivity index (χ0n) is 9.91. The molecule has 0 aromatic heterocycles. The molecule has 0 saturated carbocycles. The molecule has 0 unspecified atom stereocenters. The minimum Gasteiger partial charge on any atom is -0.365 e. The summed E-state index contributed by atoms with van der Waals surface area (Å²) in [7, 11) is 0. The second kappa shape index (κ2) is 7.08. The van der Waals surface area contributed by atoms with E-state index in [2.05, 4.69) is 10.1 Å². The lowest BCUT2D eigenvalue weighted by Gasteiger charge is -2.14. The summed E-state index contributed by atoms with van der Waals surface area (Å²) in [5, 5.41) is 2.42. The van der Waals surface area contributed by atoms with E-state index in [0.717, 1.165) is 5.56 Å². The summed E-state index contributed by atoms with van der Waals surface area (Å²) in [6.07, 6.45) is -3.81. The molecule has 7 heteroatoms. The molecule has 106 valence electrons. The van der Waals surface area contributed by atoms with Gasteiger partial charge in [-0.15, -0.1) is 0 Å². The van der Waals surface area contributed by atoms with E-state index < -0.39 is 31.5 Å². The molecule has 0 heterocycles. The summed E-state index contributed by atoms with van der Waals surface area (Å²) in [4.78, 5) is 11.2. The van der Waals surface area contributed by atoms with Gasteiger partial charge in [0.1, 0.15) is 13.2 Å².